The Morgan fingerprint density at radius 1 is 0.741 bits per heavy atom. The van der Waals surface area contributed by atoms with E-state index in [9.17, 15) is 0 Å². The van der Waals surface area contributed by atoms with Gasteiger partial charge in [0.15, 0.2) is 0 Å². The van der Waals surface area contributed by atoms with Gasteiger partial charge < -0.3 is 14.8 Å². The molecule has 2 aliphatic carbocycles. The lowest BCUT2D eigenvalue weighted by Crippen LogP contribution is -2.60. The number of benzene rings is 5. The third-order valence-electron chi connectivity index (χ3n) is 13.3. The Balaban J connectivity index is 1.30. The van der Waals surface area contributed by atoms with Gasteiger partial charge in [-0.2, -0.15) is 0 Å². The summed E-state index contributed by atoms with van der Waals surface area (Å²) >= 11 is 0. The summed E-state index contributed by atoms with van der Waals surface area (Å²) in [5, 5.41) is 5.43. The van der Waals surface area contributed by atoms with Crippen LogP contribution in [0.25, 0.3) is 33.4 Å². The summed E-state index contributed by atoms with van der Waals surface area (Å²) in [6.45, 7) is 21.4. The van der Waals surface area contributed by atoms with Crippen molar-refractivity contribution in [2.45, 2.75) is 91.0 Å². The molecule has 4 heterocycles. The molecule has 1 N–H and O–H groups in total. The third-order valence-corrected chi connectivity index (χ3v) is 13.3. The third kappa shape index (κ3) is 4.04. The Morgan fingerprint density at radius 3 is 2.30 bits per heavy atom. The molecule has 0 amide bonds. The van der Waals surface area contributed by atoms with Crippen LogP contribution in [-0.4, -0.2) is 17.3 Å². The molecular weight excluding hydrogens is 653 g/mol. The SMILES string of the molecule is Cc1cc2c3c(c1)-n1c4c(c5cc(C(C)(C)C)cc(c51)B3c1ccc(C(C)(C)C)cc1N2c1cccc2c1NC1CC=CC=C21)C(C)(C)c1ccccc1-4. The predicted octanol–water partition coefficient (Wildman–Crippen LogP) is 10.6. The summed E-state index contributed by atoms with van der Waals surface area (Å²) < 4.78 is 2.69. The van der Waals surface area contributed by atoms with Gasteiger partial charge in [-0.25, -0.2) is 0 Å². The van der Waals surface area contributed by atoms with Crippen molar-refractivity contribution in [3.05, 3.63) is 137 Å². The van der Waals surface area contributed by atoms with Crippen LogP contribution in [0.3, 0.4) is 0 Å². The topological polar surface area (TPSA) is 20.2 Å². The lowest BCUT2D eigenvalue weighted by molar-refractivity contribution is 0.590. The molecule has 1 atom stereocenters. The molecule has 5 aromatic carbocycles. The molecule has 0 spiro atoms. The summed E-state index contributed by atoms with van der Waals surface area (Å²) in [5.74, 6) is 0. The Labute approximate surface area is 320 Å². The Kier molecular flexibility index (Phi) is 6.15. The van der Waals surface area contributed by atoms with E-state index in [0.29, 0.717) is 6.04 Å². The minimum Gasteiger partial charge on any atom is -0.376 e. The van der Waals surface area contributed by atoms with Gasteiger partial charge in [-0.15, -0.1) is 0 Å². The Bertz CT molecular complexity index is 2740. The molecular formula is C50H48BN3. The number of para-hydroxylation sites is 1. The fourth-order valence-electron chi connectivity index (χ4n) is 10.7. The molecule has 1 unspecified atom stereocenters. The van der Waals surface area contributed by atoms with Crippen LogP contribution >= 0.6 is 0 Å². The van der Waals surface area contributed by atoms with Crippen LogP contribution in [0.4, 0.5) is 22.7 Å². The van der Waals surface area contributed by atoms with E-state index < -0.39 is 0 Å². The zero-order chi connectivity index (χ0) is 37.2. The van der Waals surface area contributed by atoms with Crippen molar-refractivity contribution in [2.24, 2.45) is 0 Å². The van der Waals surface area contributed by atoms with Gasteiger partial charge in [-0.3, -0.25) is 0 Å². The Morgan fingerprint density at radius 2 is 1.50 bits per heavy atom. The second-order valence-electron chi connectivity index (χ2n) is 19.1. The first-order valence-electron chi connectivity index (χ1n) is 19.9. The molecule has 0 saturated heterocycles. The normalized spacial score (nSPS) is 18.1. The van der Waals surface area contributed by atoms with E-state index in [1.165, 1.54) is 106 Å². The van der Waals surface area contributed by atoms with Gasteiger partial charge in [-0.05, 0) is 104 Å². The molecule has 6 aromatic rings. The van der Waals surface area contributed by atoms with Crippen LogP contribution in [0.1, 0.15) is 95.2 Å². The molecule has 3 nitrogen and oxygen atoms in total. The number of hydrogen-bond donors (Lipinski definition) is 1. The van der Waals surface area contributed by atoms with E-state index in [-0.39, 0.29) is 23.0 Å². The first kappa shape index (κ1) is 32.2. The highest BCUT2D eigenvalue weighted by Crippen LogP contribution is 2.56. The van der Waals surface area contributed by atoms with Crippen molar-refractivity contribution >= 4 is 62.3 Å². The summed E-state index contributed by atoms with van der Waals surface area (Å²) in [7, 11) is 0. The number of anilines is 4. The second-order valence-corrected chi connectivity index (χ2v) is 19.1. The van der Waals surface area contributed by atoms with Crippen LogP contribution in [0.15, 0.2) is 103 Å². The lowest BCUT2D eigenvalue weighted by atomic mass is 9.33. The van der Waals surface area contributed by atoms with Crippen molar-refractivity contribution in [2.75, 3.05) is 10.2 Å². The number of nitrogens with zero attached hydrogens (tertiary/aromatic N) is 2. The van der Waals surface area contributed by atoms with E-state index in [1.54, 1.807) is 0 Å². The Hall–Kier alpha value is -5.22. The lowest BCUT2D eigenvalue weighted by Gasteiger charge is -2.42. The number of aryl methyl sites for hydroxylation is 1. The van der Waals surface area contributed by atoms with Crippen molar-refractivity contribution in [1.29, 1.82) is 0 Å². The maximum Gasteiger partial charge on any atom is 0.252 e. The van der Waals surface area contributed by atoms with Gasteiger partial charge in [0, 0.05) is 44.5 Å². The summed E-state index contributed by atoms with van der Waals surface area (Å²) in [6.07, 6.45) is 7.83. The highest BCUT2D eigenvalue weighted by molar-refractivity contribution is 7.00. The molecule has 266 valence electrons. The molecule has 0 saturated carbocycles. The highest BCUT2D eigenvalue weighted by atomic mass is 15.2. The van der Waals surface area contributed by atoms with Crippen LogP contribution in [0.2, 0.25) is 0 Å². The number of hydrogen-bond acceptors (Lipinski definition) is 2. The molecule has 54 heavy (non-hydrogen) atoms. The maximum atomic E-state index is 4.02. The van der Waals surface area contributed by atoms with Gasteiger partial charge >= 0.3 is 0 Å². The smallest absolute Gasteiger partial charge is 0.252 e. The largest absolute Gasteiger partial charge is 0.376 e. The van der Waals surface area contributed by atoms with E-state index in [1.807, 2.05) is 0 Å². The zero-order valence-electron chi connectivity index (χ0n) is 33.1. The summed E-state index contributed by atoms with van der Waals surface area (Å²) in [5.41, 5.74) is 24.2. The molecule has 5 aliphatic rings. The van der Waals surface area contributed by atoms with Crippen molar-refractivity contribution < 1.29 is 0 Å². The van der Waals surface area contributed by atoms with Gasteiger partial charge in [0.25, 0.3) is 6.71 Å². The number of nitrogens with one attached hydrogen (secondary N) is 1. The van der Waals surface area contributed by atoms with Crippen molar-refractivity contribution in [3.8, 4) is 16.9 Å². The average Bonchev–Trinajstić information content (AvgIpc) is 3.76. The van der Waals surface area contributed by atoms with Crippen LogP contribution < -0.4 is 26.6 Å². The number of allylic oxidation sites excluding steroid dienone is 2. The first-order valence-corrected chi connectivity index (χ1v) is 19.9. The molecule has 0 fully saturated rings. The summed E-state index contributed by atoms with van der Waals surface area (Å²) in [4.78, 5) is 2.63. The fraction of sp³-hybridized carbons (Fsp3) is 0.280. The van der Waals surface area contributed by atoms with Gasteiger partial charge in [0.05, 0.1) is 23.1 Å². The van der Waals surface area contributed by atoms with Gasteiger partial charge in [-0.1, -0.05) is 128 Å². The van der Waals surface area contributed by atoms with Gasteiger partial charge in [0.1, 0.15) is 0 Å². The fourth-order valence-corrected chi connectivity index (χ4v) is 10.7. The maximum absolute atomic E-state index is 4.02. The first-order chi connectivity index (χ1) is 25.7. The van der Waals surface area contributed by atoms with Crippen molar-refractivity contribution in [1.82, 2.24) is 4.57 Å². The molecule has 0 radical (unpaired) electrons. The number of rotatable bonds is 1. The van der Waals surface area contributed by atoms with Crippen LogP contribution in [-0.2, 0) is 16.2 Å². The monoisotopic (exact) mass is 701 g/mol. The quantitative estimate of drug-likeness (QED) is 0.172. The standard InChI is InChI=1S/C50H48BN3/c1-28-23-41-44-42(24-28)54-46-34(43-47(54)33-16-10-12-18-35(33)50(43,8)9)25-30(49(5,6)7)26-37(46)51(44)36-22-21-29(48(2,3)4)27-40(36)53(41)39-20-14-17-32-31-15-11-13-19-38(31)52-45(32)39/h10-18,20-27,38,52H,19H2,1-9H3. The summed E-state index contributed by atoms with van der Waals surface area (Å²) in [6, 6.07) is 33.9. The number of aromatic nitrogens is 1. The zero-order valence-corrected chi connectivity index (χ0v) is 33.1. The second kappa shape index (κ2) is 10.3. The molecule has 4 heteroatoms. The van der Waals surface area contributed by atoms with E-state index >= 15 is 0 Å². The van der Waals surface area contributed by atoms with Crippen LogP contribution in [0.5, 0.6) is 0 Å². The minimum atomic E-state index is -0.127. The van der Waals surface area contributed by atoms with Crippen LogP contribution in [0, 0.1) is 6.92 Å². The number of fused-ring (bicyclic) bond motifs is 12. The highest BCUT2D eigenvalue weighted by Gasteiger charge is 2.48. The van der Waals surface area contributed by atoms with E-state index in [4.69, 9.17) is 0 Å². The molecule has 1 aromatic heterocycles. The van der Waals surface area contributed by atoms with E-state index in [0.717, 1.165) is 6.42 Å². The predicted molar refractivity (Wildman–Crippen MR) is 231 cm³/mol. The van der Waals surface area contributed by atoms with Gasteiger partial charge in [0.2, 0.25) is 0 Å². The molecule has 11 rings (SSSR count). The average molecular weight is 702 g/mol. The molecule has 3 aliphatic heterocycles. The minimum absolute atomic E-state index is 0.00150. The van der Waals surface area contributed by atoms with E-state index in [2.05, 4.69) is 180 Å². The molecule has 0 bridgehead atoms. The van der Waals surface area contributed by atoms with Crippen molar-refractivity contribution in [3.63, 3.8) is 0 Å².